The van der Waals surface area contributed by atoms with Gasteiger partial charge in [0.1, 0.15) is 5.75 Å². The van der Waals surface area contributed by atoms with Crippen LogP contribution in [0.1, 0.15) is 26.6 Å². The van der Waals surface area contributed by atoms with Gasteiger partial charge in [-0.2, -0.15) is 0 Å². The topological polar surface area (TPSA) is 42.4 Å². The van der Waals surface area contributed by atoms with Crippen molar-refractivity contribution in [2.45, 2.75) is 20.4 Å². The molecule has 0 bridgehead atoms. The number of aryl methyl sites for hydroxylation is 2. The normalized spacial score (nSPS) is 10.9. The summed E-state index contributed by atoms with van der Waals surface area (Å²) in [6, 6.07) is 5.65. The van der Waals surface area contributed by atoms with Gasteiger partial charge in [0, 0.05) is 11.9 Å². The van der Waals surface area contributed by atoms with Crippen LogP contribution in [-0.2, 0) is 6.54 Å². The molecule has 0 aliphatic rings. The summed E-state index contributed by atoms with van der Waals surface area (Å²) in [5, 5.41) is 3.08. The molecule has 21 heavy (non-hydrogen) atoms. The first kappa shape index (κ1) is 15.7. The number of thiazole rings is 1. The third kappa shape index (κ3) is 4.12. The van der Waals surface area contributed by atoms with Gasteiger partial charge >= 0.3 is 0 Å². The Balaban J connectivity index is 2.03. The molecule has 0 N–H and O–H groups in total. The van der Waals surface area contributed by atoms with Gasteiger partial charge in [0.25, 0.3) is 0 Å². The standard InChI is InChI=1S/C16H20N2O2S/c1-11-5-6-14(16(7-11)20-4)15(19)9-18(3)8-13-10-21-12(2)17-13/h5-7,10H,8-9H2,1-4H3. The van der Waals surface area contributed by atoms with Crippen LogP contribution < -0.4 is 4.74 Å². The van der Waals surface area contributed by atoms with Crippen LogP contribution in [0.3, 0.4) is 0 Å². The molecule has 0 fully saturated rings. The molecule has 1 aromatic carbocycles. The number of benzene rings is 1. The summed E-state index contributed by atoms with van der Waals surface area (Å²) in [7, 11) is 3.51. The van der Waals surface area contributed by atoms with Crippen molar-refractivity contribution in [1.82, 2.24) is 9.88 Å². The number of hydrogen-bond acceptors (Lipinski definition) is 5. The van der Waals surface area contributed by atoms with Gasteiger partial charge in [0.2, 0.25) is 0 Å². The molecular weight excluding hydrogens is 284 g/mol. The van der Waals surface area contributed by atoms with Crippen molar-refractivity contribution in [3.63, 3.8) is 0 Å². The van der Waals surface area contributed by atoms with Crippen LogP contribution in [0.25, 0.3) is 0 Å². The molecule has 0 saturated heterocycles. The zero-order chi connectivity index (χ0) is 15.4. The summed E-state index contributed by atoms with van der Waals surface area (Å²) in [6.45, 7) is 4.98. The SMILES string of the molecule is COc1cc(C)ccc1C(=O)CN(C)Cc1csc(C)n1. The van der Waals surface area contributed by atoms with Gasteiger partial charge in [-0.25, -0.2) is 4.98 Å². The molecule has 0 saturated carbocycles. The van der Waals surface area contributed by atoms with Crippen LogP contribution in [0.15, 0.2) is 23.6 Å². The third-order valence-electron chi connectivity index (χ3n) is 3.17. The number of nitrogens with zero attached hydrogens (tertiary/aromatic N) is 2. The van der Waals surface area contributed by atoms with Gasteiger partial charge in [0.15, 0.2) is 5.78 Å². The number of likely N-dealkylation sites (N-methyl/N-ethyl adjacent to an activating group) is 1. The van der Waals surface area contributed by atoms with Gasteiger partial charge in [-0.3, -0.25) is 9.69 Å². The van der Waals surface area contributed by atoms with E-state index in [1.54, 1.807) is 18.4 Å². The van der Waals surface area contributed by atoms with E-state index in [4.69, 9.17) is 4.74 Å². The third-order valence-corrected chi connectivity index (χ3v) is 3.99. The Labute approximate surface area is 129 Å². The zero-order valence-corrected chi connectivity index (χ0v) is 13.7. The molecule has 1 aromatic heterocycles. The monoisotopic (exact) mass is 304 g/mol. The minimum atomic E-state index is 0.0568. The number of aromatic nitrogens is 1. The van der Waals surface area contributed by atoms with Crippen LogP contribution in [0.5, 0.6) is 5.75 Å². The molecule has 0 aliphatic carbocycles. The Morgan fingerprint density at radius 2 is 2.14 bits per heavy atom. The highest BCUT2D eigenvalue weighted by atomic mass is 32.1. The fourth-order valence-electron chi connectivity index (χ4n) is 2.17. The Morgan fingerprint density at radius 1 is 1.38 bits per heavy atom. The van der Waals surface area contributed by atoms with E-state index in [9.17, 15) is 4.79 Å². The van der Waals surface area contributed by atoms with Crippen molar-refractivity contribution in [2.24, 2.45) is 0 Å². The first-order chi connectivity index (χ1) is 9.99. The number of ether oxygens (including phenoxy) is 1. The molecule has 2 rings (SSSR count). The number of Topliss-reactive ketones (excluding diaryl/α,β-unsaturated/α-hetero) is 1. The fraction of sp³-hybridized carbons (Fsp3) is 0.375. The first-order valence-corrected chi connectivity index (χ1v) is 7.65. The van der Waals surface area contributed by atoms with Crippen molar-refractivity contribution in [3.8, 4) is 5.75 Å². The molecule has 0 atom stereocenters. The van der Waals surface area contributed by atoms with Crippen molar-refractivity contribution in [3.05, 3.63) is 45.4 Å². The largest absolute Gasteiger partial charge is 0.496 e. The van der Waals surface area contributed by atoms with E-state index < -0.39 is 0 Å². The summed E-state index contributed by atoms with van der Waals surface area (Å²) in [6.07, 6.45) is 0. The minimum absolute atomic E-state index is 0.0568. The number of carbonyl (C=O) groups is 1. The van der Waals surface area contributed by atoms with E-state index >= 15 is 0 Å². The molecule has 5 heteroatoms. The summed E-state index contributed by atoms with van der Waals surface area (Å²) < 4.78 is 5.30. The fourth-order valence-corrected chi connectivity index (χ4v) is 2.78. The smallest absolute Gasteiger partial charge is 0.180 e. The lowest BCUT2D eigenvalue weighted by Gasteiger charge is -2.15. The van der Waals surface area contributed by atoms with E-state index in [-0.39, 0.29) is 5.78 Å². The van der Waals surface area contributed by atoms with Crippen LogP contribution >= 0.6 is 11.3 Å². The van der Waals surface area contributed by atoms with Crippen LogP contribution in [0.4, 0.5) is 0 Å². The molecule has 0 radical (unpaired) electrons. The maximum atomic E-state index is 12.4. The van der Waals surface area contributed by atoms with Gasteiger partial charge in [-0.1, -0.05) is 6.07 Å². The second-order valence-electron chi connectivity index (χ2n) is 5.16. The van der Waals surface area contributed by atoms with Gasteiger partial charge < -0.3 is 4.74 Å². The molecule has 0 unspecified atom stereocenters. The molecule has 0 amide bonds. The Morgan fingerprint density at radius 3 is 2.76 bits per heavy atom. The molecule has 0 spiro atoms. The maximum absolute atomic E-state index is 12.4. The Hall–Kier alpha value is -1.72. The lowest BCUT2D eigenvalue weighted by molar-refractivity contribution is 0.0939. The second kappa shape index (κ2) is 6.83. The predicted octanol–water partition coefficient (Wildman–Crippen LogP) is 3.08. The summed E-state index contributed by atoms with van der Waals surface area (Å²) >= 11 is 1.63. The van der Waals surface area contributed by atoms with Crippen LogP contribution in [-0.4, -0.2) is 36.4 Å². The van der Waals surface area contributed by atoms with E-state index in [0.717, 1.165) is 16.3 Å². The lowest BCUT2D eigenvalue weighted by atomic mass is 10.1. The van der Waals surface area contributed by atoms with Gasteiger partial charge in [0.05, 0.1) is 29.9 Å². The molecule has 4 nitrogen and oxygen atoms in total. The highest BCUT2D eigenvalue weighted by molar-refractivity contribution is 7.09. The minimum Gasteiger partial charge on any atom is -0.496 e. The second-order valence-corrected chi connectivity index (χ2v) is 6.22. The van der Waals surface area contributed by atoms with Crippen LogP contribution in [0, 0.1) is 13.8 Å². The highest BCUT2D eigenvalue weighted by Gasteiger charge is 2.15. The summed E-state index contributed by atoms with van der Waals surface area (Å²) in [5.74, 6) is 0.694. The predicted molar refractivity (Wildman–Crippen MR) is 85.2 cm³/mol. The van der Waals surface area contributed by atoms with Crippen LogP contribution in [0.2, 0.25) is 0 Å². The van der Waals surface area contributed by atoms with Crippen molar-refractivity contribution in [1.29, 1.82) is 0 Å². The number of hydrogen-bond donors (Lipinski definition) is 0. The Bertz CT molecular complexity index is 637. The number of rotatable bonds is 6. The van der Waals surface area contributed by atoms with E-state index in [2.05, 4.69) is 4.98 Å². The molecule has 1 heterocycles. The molecular formula is C16H20N2O2S. The van der Waals surface area contributed by atoms with E-state index in [0.29, 0.717) is 24.4 Å². The summed E-state index contributed by atoms with van der Waals surface area (Å²) in [4.78, 5) is 18.8. The van der Waals surface area contributed by atoms with E-state index in [1.165, 1.54) is 0 Å². The molecule has 112 valence electrons. The highest BCUT2D eigenvalue weighted by Crippen LogP contribution is 2.21. The van der Waals surface area contributed by atoms with Crippen molar-refractivity contribution in [2.75, 3.05) is 20.7 Å². The van der Waals surface area contributed by atoms with E-state index in [1.807, 2.05) is 49.4 Å². The zero-order valence-electron chi connectivity index (χ0n) is 12.8. The average Bonchev–Trinajstić information content (AvgIpc) is 2.83. The molecule has 2 aromatic rings. The first-order valence-electron chi connectivity index (χ1n) is 6.77. The number of methoxy groups -OCH3 is 1. The lowest BCUT2D eigenvalue weighted by Crippen LogP contribution is -2.26. The summed E-state index contributed by atoms with van der Waals surface area (Å²) in [5.41, 5.74) is 2.71. The average molecular weight is 304 g/mol. The molecule has 0 aliphatic heterocycles. The van der Waals surface area contributed by atoms with Crippen molar-refractivity contribution >= 4 is 17.1 Å². The van der Waals surface area contributed by atoms with Crippen molar-refractivity contribution < 1.29 is 9.53 Å². The quantitative estimate of drug-likeness (QED) is 0.769. The number of ketones is 1. The van der Waals surface area contributed by atoms with Gasteiger partial charge in [-0.05, 0) is 38.6 Å². The number of carbonyl (C=O) groups excluding carboxylic acids is 1. The Kier molecular flexibility index (Phi) is 5.09. The van der Waals surface area contributed by atoms with Gasteiger partial charge in [-0.15, -0.1) is 11.3 Å². The maximum Gasteiger partial charge on any atom is 0.180 e.